The van der Waals surface area contributed by atoms with Gasteiger partial charge >= 0.3 is 0 Å². The first kappa shape index (κ1) is 14.6. The molecule has 1 aromatic heterocycles. The van der Waals surface area contributed by atoms with Crippen LogP contribution in [-0.2, 0) is 16.1 Å². The SMILES string of the molecule is O=C(C[C@@H]1CCCOC1)NCc1nnnn1-c1ccccc1. The average molecular weight is 301 g/mol. The summed E-state index contributed by atoms with van der Waals surface area (Å²) in [6, 6.07) is 9.61. The summed E-state index contributed by atoms with van der Waals surface area (Å²) in [6.07, 6.45) is 2.58. The highest BCUT2D eigenvalue weighted by molar-refractivity contribution is 5.76. The molecule has 0 radical (unpaired) electrons. The number of carbonyl (C=O) groups is 1. The van der Waals surface area contributed by atoms with E-state index in [0.29, 0.717) is 31.3 Å². The Bertz CT molecular complexity index is 607. The molecular formula is C15H19N5O2. The molecule has 7 heteroatoms. The van der Waals surface area contributed by atoms with E-state index in [9.17, 15) is 4.79 Å². The molecule has 1 amide bonds. The molecule has 7 nitrogen and oxygen atoms in total. The van der Waals surface area contributed by atoms with Crippen LogP contribution in [0.25, 0.3) is 5.69 Å². The van der Waals surface area contributed by atoms with Crippen LogP contribution in [0.4, 0.5) is 0 Å². The smallest absolute Gasteiger partial charge is 0.220 e. The number of nitrogens with zero attached hydrogens (tertiary/aromatic N) is 4. The summed E-state index contributed by atoms with van der Waals surface area (Å²) in [5, 5.41) is 14.5. The molecule has 2 aromatic rings. The van der Waals surface area contributed by atoms with Crippen LogP contribution in [0.15, 0.2) is 30.3 Å². The van der Waals surface area contributed by atoms with Crippen molar-refractivity contribution in [3.63, 3.8) is 0 Å². The van der Waals surface area contributed by atoms with E-state index in [-0.39, 0.29) is 5.91 Å². The standard InChI is InChI=1S/C15H19N5O2/c21-15(9-12-5-4-8-22-11-12)16-10-14-17-18-19-20(14)13-6-2-1-3-7-13/h1-3,6-7,12H,4-5,8-11H2,(H,16,21)/t12-/m0/s1. The number of hydrogen-bond donors (Lipinski definition) is 1. The van der Waals surface area contributed by atoms with Gasteiger partial charge in [-0.05, 0) is 41.3 Å². The zero-order valence-electron chi connectivity index (χ0n) is 12.3. The Kier molecular flexibility index (Phi) is 4.75. The summed E-state index contributed by atoms with van der Waals surface area (Å²) in [5.41, 5.74) is 0.873. The fraction of sp³-hybridized carbons (Fsp3) is 0.467. The number of para-hydroxylation sites is 1. The number of amides is 1. The molecule has 1 saturated heterocycles. The van der Waals surface area contributed by atoms with Crippen LogP contribution in [0, 0.1) is 5.92 Å². The monoisotopic (exact) mass is 301 g/mol. The van der Waals surface area contributed by atoms with Crippen molar-refractivity contribution in [2.75, 3.05) is 13.2 Å². The molecule has 1 aromatic carbocycles. The number of rotatable bonds is 5. The third-order valence-corrected chi connectivity index (χ3v) is 3.71. The van der Waals surface area contributed by atoms with E-state index in [1.807, 2.05) is 30.3 Å². The second kappa shape index (κ2) is 7.13. The average Bonchev–Trinajstić information content (AvgIpc) is 3.03. The van der Waals surface area contributed by atoms with Gasteiger partial charge in [0.15, 0.2) is 5.82 Å². The van der Waals surface area contributed by atoms with Gasteiger partial charge in [0.2, 0.25) is 5.91 Å². The van der Waals surface area contributed by atoms with Gasteiger partial charge in [-0.2, -0.15) is 4.68 Å². The van der Waals surface area contributed by atoms with Crippen molar-refractivity contribution in [3.05, 3.63) is 36.2 Å². The predicted molar refractivity (Wildman–Crippen MR) is 79.2 cm³/mol. The Morgan fingerprint density at radius 3 is 3.00 bits per heavy atom. The predicted octanol–water partition coefficient (Wildman–Crippen LogP) is 1.10. The van der Waals surface area contributed by atoms with E-state index in [1.54, 1.807) is 4.68 Å². The topological polar surface area (TPSA) is 81.9 Å². The highest BCUT2D eigenvalue weighted by Gasteiger charge is 2.18. The Balaban J connectivity index is 1.55. The van der Waals surface area contributed by atoms with Crippen molar-refractivity contribution in [2.24, 2.45) is 5.92 Å². The van der Waals surface area contributed by atoms with Crippen molar-refractivity contribution in [2.45, 2.75) is 25.8 Å². The number of hydrogen-bond acceptors (Lipinski definition) is 5. The second-order valence-corrected chi connectivity index (χ2v) is 5.41. The number of carbonyl (C=O) groups excluding carboxylic acids is 1. The fourth-order valence-corrected chi connectivity index (χ4v) is 2.57. The molecular weight excluding hydrogens is 282 g/mol. The van der Waals surface area contributed by atoms with E-state index in [1.165, 1.54) is 0 Å². The number of benzene rings is 1. The van der Waals surface area contributed by atoms with Crippen LogP contribution in [0.2, 0.25) is 0 Å². The third-order valence-electron chi connectivity index (χ3n) is 3.71. The molecule has 0 saturated carbocycles. The second-order valence-electron chi connectivity index (χ2n) is 5.41. The molecule has 22 heavy (non-hydrogen) atoms. The maximum Gasteiger partial charge on any atom is 0.220 e. The molecule has 1 N–H and O–H groups in total. The van der Waals surface area contributed by atoms with E-state index < -0.39 is 0 Å². The number of nitrogens with one attached hydrogen (secondary N) is 1. The third kappa shape index (κ3) is 3.67. The van der Waals surface area contributed by atoms with E-state index >= 15 is 0 Å². The highest BCUT2D eigenvalue weighted by Crippen LogP contribution is 2.16. The highest BCUT2D eigenvalue weighted by atomic mass is 16.5. The van der Waals surface area contributed by atoms with E-state index in [4.69, 9.17) is 4.74 Å². The minimum absolute atomic E-state index is 0.0121. The first-order chi connectivity index (χ1) is 10.8. The van der Waals surface area contributed by atoms with Crippen molar-refractivity contribution in [1.29, 1.82) is 0 Å². The largest absolute Gasteiger partial charge is 0.381 e. The lowest BCUT2D eigenvalue weighted by atomic mass is 9.98. The van der Waals surface area contributed by atoms with Crippen molar-refractivity contribution in [3.8, 4) is 5.69 Å². The van der Waals surface area contributed by atoms with Gasteiger partial charge in [-0.15, -0.1) is 5.10 Å². The molecule has 0 spiro atoms. The summed E-state index contributed by atoms with van der Waals surface area (Å²) in [7, 11) is 0. The Hall–Kier alpha value is -2.28. The molecule has 0 bridgehead atoms. The van der Waals surface area contributed by atoms with Crippen LogP contribution >= 0.6 is 0 Å². The Morgan fingerprint density at radius 2 is 2.23 bits per heavy atom. The molecule has 3 rings (SSSR count). The molecule has 0 unspecified atom stereocenters. The van der Waals surface area contributed by atoms with Gasteiger partial charge in [0, 0.05) is 19.6 Å². The van der Waals surface area contributed by atoms with Crippen LogP contribution in [-0.4, -0.2) is 39.3 Å². The number of aromatic nitrogens is 4. The van der Waals surface area contributed by atoms with Crippen LogP contribution in [0.1, 0.15) is 25.1 Å². The maximum absolute atomic E-state index is 12.0. The maximum atomic E-state index is 12.0. The van der Waals surface area contributed by atoms with E-state index in [0.717, 1.165) is 25.1 Å². The van der Waals surface area contributed by atoms with Crippen LogP contribution in [0.3, 0.4) is 0 Å². The normalized spacial score (nSPS) is 18.1. The van der Waals surface area contributed by atoms with Crippen molar-refractivity contribution < 1.29 is 9.53 Å². The summed E-state index contributed by atoms with van der Waals surface area (Å²) >= 11 is 0. The zero-order valence-corrected chi connectivity index (χ0v) is 12.3. The number of tetrazole rings is 1. The van der Waals surface area contributed by atoms with Gasteiger partial charge in [-0.25, -0.2) is 0 Å². The van der Waals surface area contributed by atoms with Crippen LogP contribution < -0.4 is 5.32 Å². The molecule has 1 aliphatic rings. The molecule has 116 valence electrons. The minimum atomic E-state index is 0.0121. The minimum Gasteiger partial charge on any atom is -0.381 e. The summed E-state index contributed by atoms with van der Waals surface area (Å²) in [6.45, 7) is 1.80. The molecule has 0 aliphatic carbocycles. The van der Waals surface area contributed by atoms with Gasteiger partial charge in [-0.3, -0.25) is 4.79 Å². The molecule has 1 atom stereocenters. The Labute approximate surface area is 128 Å². The lowest BCUT2D eigenvalue weighted by Crippen LogP contribution is -2.29. The summed E-state index contributed by atoms with van der Waals surface area (Å²) in [4.78, 5) is 12.0. The Morgan fingerprint density at radius 1 is 1.36 bits per heavy atom. The van der Waals surface area contributed by atoms with Gasteiger partial charge in [0.25, 0.3) is 0 Å². The lowest BCUT2D eigenvalue weighted by Gasteiger charge is -2.21. The zero-order chi connectivity index (χ0) is 15.2. The summed E-state index contributed by atoms with van der Waals surface area (Å²) < 4.78 is 7.02. The lowest BCUT2D eigenvalue weighted by molar-refractivity contribution is -0.123. The quantitative estimate of drug-likeness (QED) is 0.894. The molecule has 1 fully saturated rings. The van der Waals surface area contributed by atoms with Gasteiger partial charge in [-0.1, -0.05) is 18.2 Å². The first-order valence-corrected chi connectivity index (χ1v) is 7.50. The van der Waals surface area contributed by atoms with Crippen molar-refractivity contribution in [1.82, 2.24) is 25.5 Å². The number of ether oxygens (including phenoxy) is 1. The van der Waals surface area contributed by atoms with Crippen LogP contribution in [0.5, 0.6) is 0 Å². The molecule has 1 aliphatic heterocycles. The fourth-order valence-electron chi connectivity index (χ4n) is 2.57. The molecule has 2 heterocycles. The first-order valence-electron chi connectivity index (χ1n) is 7.50. The van der Waals surface area contributed by atoms with Gasteiger partial charge in [0.05, 0.1) is 12.2 Å². The van der Waals surface area contributed by atoms with Crippen molar-refractivity contribution >= 4 is 5.91 Å². The van der Waals surface area contributed by atoms with Gasteiger partial charge < -0.3 is 10.1 Å². The summed E-state index contributed by atoms with van der Waals surface area (Å²) in [5.74, 6) is 0.941. The van der Waals surface area contributed by atoms with E-state index in [2.05, 4.69) is 20.8 Å². The van der Waals surface area contributed by atoms with Gasteiger partial charge in [0.1, 0.15) is 0 Å².